The summed E-state index contributed by atoms with van der Waals surface area (Å²) in [7, 11) is -3.29. The summed E-state index contributed by atoms with van der Waals surface area (Å²) < 4.78 is 26.6. The molecule has 0 spiro atoms. The fourth-order valence-electron chi connectivity index (χ4n) is 2.40. The van der Waals surface area contributed by atoms with Crippen molar-refractivity contribution >= 4 is 15.7 Å². The maximum Gasteiger partial charge on any atom is 0.232 e. The van der Waals surface area contributed by atoms with Crippen LogP contribution in [0.15, 0.2) is 24.3 Å². The van der Waals surface area contributed by atoms with E-state index in [0.717, 1.165) is 31.5 Å². The number of nitrogens with one attached hydrogen (secondary N) is 2. The standard InChI is InChI=1S/C14H22N2O3S/c17-11-13-1-3-14(4-2-13)16-20(18,19)10-7-12-5-8-15-9-6-12/h1-4,12,15-17H,5-11H2. The van der Waals surface area contributed by atoms with Gasteiger partial charge in [-0.1, -0.05) is 12.1 Å². The van der Waals surface area contributed by atoms with Gasteiger partial charge < -0.3 is 10.4 Å². The van der Waals surface area contributed by atoms with E-state index in [0.29, 0.717) is 18.0 Å². The summed E-state index contributed by atoms with van der Waals surface area (Å²) in [5.41, 5.74) is 1.31. The van der Waals surface area contributed by atoms with Gasteiger partial charge in [-0.25, -0.2) is 8.42 Å². The molecule has 0 unspecified atom stereocenters. The lowest BCUT2D eigenvalue weighted by Gasteiger charge is -2.22. The van der Waals surface area contributed by atoms with Gasteiger partial charge in [0.2, 0.25) is 10.0 Å². The smallest absolute Gasteiger partial charge is 0.232 e. The van der Waals surface area contributed by atoms with Crippen molar-refractivity contribution in [3.63, 3.8) is 0 Å². The number of hydrogen-bond acceptors (Lipinski definition) is 4. The minimum atomic E-state index is -3.29. The highest BCUT2D eigenvalue weighted by molar-refractivity contribution is 7.92. The van der Waals surface area contributed by atoms with E-state index in [9.17, 15) is 8.42 Å². The van der Waals surface area contributed by atoms with E-state index in [2.05, 4.69) is 10.0 Å². The Hall–Kier alpha value is -1.11. The Morgan fingerprint density at radius 3 is 2.45 bits per heavy atom. The molecule has 1 aromatic carbocycles. The molecule has 6 heteroatoms. The Bertz CT molecular complexity index is 508. The molecular formula is C14H22N2O3S. The molecule has 0 saturated carbocycles. The molecule has 0 atom stereocenters. The quantitative estimate of drug-likeness (QED) is 0.740. The third kappa shape index (κ3) is 4.77. The van der Waals surface area contributed by atoms with E-state index >= 15 is 0 Å². The van der Waals surface area contributed by atoms with Gasteiger partial charge in [-0.2, -0.15) is 0 Å². The lowest BCUT2D eigenvalue weighted by atomic mass is 9.96. The van der Waals surface area contributed by atoms with Gasteiger partial charge in [-0.05, 0) is 56.0 Å². The van der Waals surface area contributed by atoms with Gasteiger partial charge in [0.1, 0.15) is 0 Å². The number of piperidine rings is 1. The van der Waals surface area contributed by atoms with E-state index < -0.39 is 10.0 Å². The van der Waals surface area contributed by atoms with Crippen LogP contribution in [0.1, 0.15) is 24.8 Å². The van der Waals surface area contributed by atoms with Crippen LogP contribution in [0.2, 0.25) is 0 Å². The van der Waals surface area contributed by atoms with Gasteiger partial charge in [-0.3, -0.25) is 4.72 Å². The predicted octanol–water partition coefficient (Wildman–Crippen LogP) is 1.31. The van der Waals surface area contributed by atoms with Crippen molar-refractivity contribution in [1.29, 1.82) is 0 Å². The van der Waals surface area contributed by atoms with Crippen LogP contribution < -0.4 is 10.0 Å². The highest BCUT2D eigenvalue weighted by Gasteiger charge is 2.17. The van der Waals surface area contributed by atoms with Crippen LogP contribution in [-0.4, -0.2) is 32.4 Å². The molecule has 0 aliphatic carbocycles. The van der Waals surface area contributed by atoms with Crippen molar-refractivity contribution in [1.82, 2.24) is 5.32 Å². The third-order valence-electron chi connectivity index (χ3n) is 3.66. The Balaban J connectivity index is 1.85. The zero-order chi connectivity index (χ0) is 14.4. The van der Waals surface area contributed by atoms with E-state index in [4.69, 9.17) is 5.11 Å². The second-order valence-electron chi connectivity index (χ2n) is 5.26. The van der Waals surface area contributed by atoms with Gasteiger partial charge >= 0.3 is 0 Å². The predicted molar refractivity (Wildman–Crippen MR) is 80.0 cm³/mol. The summed E-state index contributed by atoms with van der Waals surface area (Å²) in [5.74, 6) is 0.670. The zero-order valence-electron chi connectivity index (χ0n) is 11.5. The average molecular weight is 298 g/mol. The third-order valence-corrected chi connectivity index (χ3v) is 4.98. The fraction of sp³-hybridized carbons (Fsp3) is 0.571. The molecule has 1 heterocycles. The Labute approximate surface area is 120 Å². The number of anilines is 1. The largest absolute Gasteiger partial charge is 0.392 e. The maximum absolute atomic E-state index is 12.0. The monoisotopic (exact) mass is 298 g/mol. The zero-order valence-corrected chi connectivity index (χ0v) is 12.3. The highest BCUT2D eigenvalue weighted by atomic mass is 32.2. The van der Waals surface area contributed by atoms with E-state index in [1.54, 1.807) is 24.3 Å². The highest BCUT2D eigenvalue weighted by Crippen LogP contribution is 2.18. The number of rotatable bonds is 6. The lowest BCUT2D eigenvalue weighted by molar-refractivity contribution is 0.282. The first-order valence-corrected chi connectivity index (χ1v) is 8.65. The first-order chi connectivity index (χ1) is 9.59. The van der Waals surface area contributed by atoms with Crippen molar-refractivity contribution in [2.45, 2.75) is 25.9 Å². The Morgan fingerprint density at radius 2 is 1.85 bits per heavy atom. The minimum Gasteiger partial charge on any atom is -0.392 e. The van der Waals surface area contributed by atoms with Crippen LogP contribution in [0.3, 0.4) is 0 Å². The fourth-order valence-corrected chi connectivity index (χ4v) is 3.64. The minimum absolute atomic E-state index is 0.0389. The van der Waals surface area contributed by atoms with Crippen molar-refractivity contribution < 1.29 is 13.5 Å². The van der Waals surface area contributed by atoms with Gasteiger partial charge in [0.05, 0.1) is 12.4 Å². The van der Waals surface area contributed by atoms with Crippen molar-refractivity contribution in [3.8, 4) is 0 Å². The summed E-state index contributed by atoms with van der Waals surface area (Å²) in [6, 6.07) is 6.77. The summed E-state index contributed by atoms with van der Waals surface area (Å²) in [4.78, 5) is 0. The first kappa shape index (κ1) is 15.3. The van der Waals surface area contributed by atoms with Crippen LogP contribution >= 0.6 is 0 Å². The molecule has 112 valence electrons. The van der Waals surface area contributed by atoms with E-state index in [-0.39, 0.29) is 12.4 Å². The van der Waals surface area contributed by atoms with Crippen LogP contribution in [0.5, 0.6) is 0 Å². The van der Waals surface area contributed by atoms with Gasteiger partial charge in [0.25, 0.3) is 0 Å². The summed E-state index contributed by atoms with van der Waals surface area (Å²) in [6.45, 7) is 1.93. The molecule has 0 bridgehead atoms. The molecule has 1 saturated heterocycles. The molecule has 20 heavy (non-hydrogen) atoms. The molecular weight excluding hydrogens is 276 g/mol. The molecule has 1 aromatic rings. The second-order valence-corrected chi connectivity index (χ2v) is 7.10. The summed E-state index contributed by atoms with van der Waals surface area (Å²) in [5, 5.41) is 12.2. The van der Waals surface area contributed by atoms with Crippen LogP contribution in [-0.2, 0) is 16.6 Å². The molecule has 0 amide bonds. The molecule has 1 aliphatic heterocycles. The van der Waals surface area contributed by atoms with Crippen LogP contribution in [0.4, 0.5) is 5.69 Å². The lowest BCUT2D eigenvalue weighted by Crippen LogP contribution is -2.29. The van der Waals surface area contributed by atoms with Crippen LogP contribution in [0.25, 0.3) is 0 Å². The van der Waals surface area contributed by atoms with Gasteiger partial charge in [0.15, 0.2) is 0 Å². The average Bonchev–Trinajstić information content (AvgIpc) is 2.47. The Kier molecular flexibility index (Phi) is 5.39. The number of hydrogen-bond donors (Lipinski definition) is 3. The summed E-state index contributed by atoms with van der Waals surface area (Å²) in [6.07, 6.45) is 2.83. The molecule has 1 aliphatic rings. The molecule has 0 aromatic heterocycles. The van der Waals surface area contributed by atoms with Crippen molar-refractivity contribution in [2.24, 2.45) is 5.92 Å². The normalized spacial score (nSPS) is 17.1. The van der Waals surface area contributed by atoms with Crippen LogP contribution in [0, 0.1) is 5.92 Å². The molecule has 0 radical (unpaired) electrons. The molecule has 5 nitrogen and oxygen atoms in total. The van der Waals surface area contributed by atoms with E-state index in [1.807, 2.05) is 0 Å². The Morgan fingerprint density at radius 1 is 1.20 bits per heavy atom. The first-order valence-electron chi connectivity index (χ1n) is 7.00. The van der Waals surface area contributed by atoms with E-state index in [1.165, 1.54) is 0 Å². The topological polar surface area (TPSA) is 78.4 Å². The number of aliphatic hydroxyl groups excluding tert-OH is 1. The van der Waals surface area contributed by atoms with Crippen molar-refractivity contribution in [2.75, 3.05) is 23.6 Å². The second kappa shape index (κ2) is 7.06. The maximum atomic E-state index is 12.0. The SMILES string of the molecule is O=S(=O)(CCC1CCNCC1)Nc1ccc(CO)cc1. The van der Waals surface area contributed by atoms with Gasteiger partial charge in [0, 0.05) is 5.69 Å². The summed E-state index contributed by atoms with van der Waals surface area (Å²) >= 11 is 0. The number of sulfonamides is 1. The van der Waals surface area contributed by atoms with Gasteiger partial charge in [-0.15, -0.1) is 0 Å². The molecule has 2 rings (SSSR count). The molecule has 3 N–H and O–H groups in total. The molecule has 1 fully saturated rings. The van der Waals surface area contributed by atoms with Crippen molar-refractivity contribution in [3.05, 3.63) is 29.8 Å². The number of aliphatic hydroxyl groups is 1. The number of benzene rings is 1.